The number of benzene rings is 1. The fourth-order valence-electron chi connectivity index (χ4n) is 1.77. The van der Waals surface area contributed by atoms with Gasteiger partial charge in [-0.1, -0.05) is 23.7 Å². The van der Waals surface area contributed by atoms with Crippen molar-refractivity contribution in [3.63, 3.8) is 0 Å². The van der Waals surface area contributed by atoms with Crippen LogP contribution < -0.4 is 16.0 Å². The van der Waals surface area contributed by atoms with Gasteiger partial charge in [0.25, 0.3) is 0 Å². The first kappa shape index (κ1) is 13.4. The smallest absolute Gasteiger partial charge is 0.118 e. The Kier molecular flexibility index (Phi) is 4.60. The maximum Gasteiger partial charge on any atom is 0.118 e. The first-order valence-electron chi connectivity index (χ1n) is 5.57. The third kappa shape index (κ3) is 3.23. The number of ether oxygens (including phenoxy) is 1. The third-order valence-corrected chi connectivity index (χ3v) is 4.01. The van der Waals surface area contributed by atoms with Crippen LogP contribution in [0.15, 0.2) is 36.4 Å². The van der Waals surface area contributed by atoms with Crippen molar-refractivity contribution in [1.82, 2.24) is 5.43 Å². The maximum atomic E-state index is 5.92. The highest BCUT2D eigenvalue weighted by Crippen LogP contribution is 2.27. The molecule has 0 fully saturated rings. The van der Waals surface area contributed by atoms with Gasteiger partial charge in [-0.2, -0.15) is 0 Å². The van der Waals surface area contributed by atoms with Gasteiger partial charge in [0, 0.05) is 11.3 Å². The Morgan fingerprint density at radius 1 is 1.28 bits per heavy atom. The van der Waals surface area contributed by atoms with Gasteiger partial charge >= 0.3 is 0 Å². The second-order valence-corrected chi connectivity index (χ2v) is 5.70. The maximum absolute atomic E-state index is 5.92. The standard InChI is InChI=1S/C13H15ClN2OS/c1-17-10-4-2-9(3-5-10)12(16-15)8-11-6-7-13(14)18-11/h2-7,12,16H,8,15H2,1H3. The summed E-state index contributed by atoms with van der Waals surface area (Å²) in [6, 6.07) is 11.9. The zero-order valence-corrected chi connectivity index (χ0v) is 11.6. The van der Waals surface area contributed by atoms with Crippen LogP contribution in [0.3, 0.4) is 0 Å². The van der Waals surface area contributed by atoms with E-state index in [1.807, 2.05) is 36.4 Å². The third-order valence-electron chi connectivity index (χ3n) is 2.75. The van der Waals surface area contributed by atoms with Crippen LogP contribution in [0.1, 0.15) is 16.5 Å². The molecule has 1 aromatic heterocycles. The van der Waals surface area contributed by atoms with Crippen LogP contribution in [0.25, 0.3) is 0 Å². The summed E-state index contributed by atoms with van der Waals surface area (Å²) in [7, 11) is 1.65. The van der Waals surface area contributed by atoms with E-state index in [0.29, 0.717) is 0 Å². The molecule has 96 valence electrons. The zero-order valence-electron chi connectivity index (χ0n) is 10.0. The van der Waals surface area contributed by atoms with Crippen molar-refractivity contribution in [2.24, 2.45) is 5.84 Å². The van der Waals surface area contributed by atoms with Crippen LogP contribution >= 0.6 is 22.9 Å². The van der Waals surface area contributed by atoms with Crippen molar-refractivity contribution in [3.05, 3.63) is 51.2 Å². The molecule has 0 aliphatic rings. The topological polar surface area (TPSA) is 47.3 Å². The molecule has 18 heavy (non-hydrogen) atoms. The van der Waals surface area contributed by atoms with E-state index in [1.165, 1.54) is 4.88 Å². The number of methoxy groups -OCH3 is 1. The number of hydrazine groups is 1. The molecule has 0 aliphatic heterocycles. The molecule has 0 amide bonds. The van der Waals surface area contributed by atoms with Crippen molar-refractivity contribution < 1.29 is 4.74 Å². The number of rotatable bonds is 5. The molecule has 1 heterocycles. The van der Waals surface area contributed by atoms with Crippen LogP contribution in [-0.4, -0.2) is 7.11 Å². The second kappa shape index (κ2) is 6.20. The van der Waals surface area contributed by atoms with E-state index in [4.69, 9.17) is 22.2 Å². The lowest BCUT2D eigenvalue weighted by atomic mass is 10.0. The Hall–Kier alpha value is -1.07. The van der Waals surface area contributed by atoms with Crippen molar-refractivity contribution in [3.8, 4) is 5.75 Å². The van der Waals surface area contributed by atoms with E-state index in [1.54, 1.807) is 18.4 Å². The molecule has 2 aromatic rings. The normalized spacial score (nSPS) is 12.4. The molecule has 1 unspecified atom stereocenters. The van der Waals surface area contributed by atoms with Crippen molar-refractivity contribution >= 4 is 22.9 Å². The average molecular weight is 283 g/mol. The van der Waals surface area contributed by atoms with Crippen LogP contribution in [0.5, 0.6) is 5.75 Å². The van der Waals surface area contributed by atoms with Gasteiger partial charge in [0.05, 0.1) is 17.5 Å². The molecule has 0 radical (unpaired) electrons. The van der Waals surface area contributed by atoms with E-state index in [-0.39, 0.29) is 6.04 Å². The lowest BCUT2D eigenvalue weighted by molar-refractivity contribution is 0.414. The highest BCUT2D eigenvalue weighted by molar-refractivity contribution is 7.16. The fourth-order valence-corrected chi connectivity index (χ4v) is 2.90. The van der Waals surface area contributed by atoms with E-state index in [2.05, 4.69) is 5.43 Å². The van der Waals surface area contributed by atoms with Gasteiger partial charge in [0.1, 0.15) is 5.75 Å². The Bertz CT molecular complexity index is 498. The first-order valence-corrected chi connectivity index (χ1v) is 6.76. The summed E-state index contributed by atoms with van der Waals surface area (Å²) in [5.41, 5.74) is 3.96. The molecule has 0 saturated heterocycles. The number of nitrogens with one attached hydrogen (secondary N) is 1. The fraction of sp³-hybridized carbons (Fsp3) is 0.231. The summed E-state index contributed by atoms with van der Waals surface area (Å²) < 4.78 is 5.94. The van der Waals surface area contributed by atoms with Crippen LogP contribution in [0, 0.1) is 0 Å². The second-order valence-electron chi connectivity index (χ2n) is 3.90. The summed E-state index contributed by atoms with van der Waals surface area (Å²) in [4.78, 5) is 1.21. The van der Waals surface area contributed by atoms with Gasteiger partial charge in [-0.3, -0.25) is 11.3 Å². The number of hydrogen-bond donors (Lipinski definition) is 2. The zero-order chi connectivity index (χ0) is 13.0. The lowest BCUT2D eigenvalue weighted by Gasteiger charge is -2.15. The average Bonchev–Trinajstić information content (AvgIpc) is 2.82. The molecule has 1 atom stereocenters. The Balaban J connectivity index is 2.12. The minimum Gasteiger partial charge on any atom is -0.497 e. The molecule has 3 N–H and O–H groups in total. The van der Waals surface area contributed by atoms with Gasteiger partial charge in [0.15, 0.2) is 0 Å². The molecular weight excluding hydrogens is 268 g/mol. The Morgan fingerprint density at radius 2 is 2.00 bits per heavy atom. The highest BCUT2D eigenvalue weighted by Gasteiger charge is 2.12. The first-order chi connectivity index (χ1) is 8.72. The minimum atomic E-state index is 0.0747. The summed E-state index contributed by atoms with van der Waals surface area (Å²) in [6.45, 7) is 0. The molecule has 0 aliphatic carbocycles. The molecule has 0 spiro atoms. The van der Waals surface area contributed by atoms with Gasteiger partial charge in [0.2, 0.25) is 0 Å². The largest absolute Gasteiger partial charge is 0.497 e. The summed E-state index contributed by atoms with van der Waals surface area (Å²) in [5, 5.41) is 0. The number of halogens is 1. The molecular formula is C13H15ClN2OS. The van der Waals surface area contributed by atoms with Crippen LogP contribution in [0.4, 0.5) is 0 Å². The number of hydrogen-bond acceptors (Lipinski definition) is 4. The number of nitrogens with two attached hydrogens (primary N) is 1. The minimum absolute atomic E-state index is 0.0747. The van der Waals surface area contributed by atoms with Gasteiger partial charge in [-0.15, -0.1) is 11.3 Å². The van der Waals surface area contributed by atoms with Gasteiger partial charge < -0.3 is 4.74 Å². The summed E-state index contributed by atoms with van der Waals surface area (Å²) in [5.74, 6) is 6.46. The Labute approximate surface area is 116 Å². The Morgan fingerprint density at radius 3 is 2.50 bits per heavy atom. The molecule has 0 saturated carbocycles. The summed E-state index contributed by atoms with van der Waals surface area (Å²) in [6.07, 6.45) is 0.820. The predicted octanol–water partition coefficient (Wildman–Crippen LogP) is 3.16. The number of thiophene rings is 1. The van der Waals surface area contributed by atoms with E-state index >= 15 is 0 Å². The monoisotopic (exact) mass is 282 g/mol. The summed E-state index contributed by atoms with van der Waals surface area (Å²) >= 11 is 7.50. The van der Waals surface area contributed by atoms with Gasteiger partial charge in [-0.05, 0) is 29.8 Å². The molecule has 3 nitrogen and oxygen atoms in total. The van der Waals surface area contributed by atoms with Crippen molar-refractivity contribution in [1.29, 1.82) is 0 Å². The van der Waals surface area contributed by atoms with E-state index < -0.39 is 0 Å². The molecule has 1 aromatic carbocycles. The van der Waals surface area contributed by atoms with Crippen LogP contribution in [0.2, 0.25) is 4.34 Å². The quantitative estimate of drug-likeness (QED) is 0.654. The SMILES string of the molecule is COc1ccc(C(Cc2ccc(Cl)s2)NN)cc1. The van der Waals surface area contributed by atoms with E-state index in [0.717, 1.165) is 22.1 Å². The molecule has 5 heteroatoms. The predicted molar refractivity (Wildman–Crippen MR) is 76.1 cm³/mol. The molecule has 2 rings (SSSR count). The van der Waals surface area contributed by atoms with E-state index in [9.17, 15) is 0 Å². The van der Waals surface area contributed by atoms with Crippen LogP contribution in [-0.2, 0) is 6.42 Å². The highest BCUT2D eigenvalue weighted by atomic mass is 35.5. The van der Waals surface area contributed by atoms with Crippen molar-refractivity contribution in [2.45, 2.75) is 12.5 Å². The molecule has 0 bridgehead atoms. The lowest BCUT2D eigenvalue weighted by Crippen LogP contribution is -2.29. The van der Waals surface area contributed by atoms with Crippen molar-refractivity contribution in [2.75, 3.05) is 7.11 Å². The van der Waals surface area contributed by atoms with Gasteiger partial charge in [-0.25, -0.2) is 0 Å².